The smallest absolute Gasteiger partial charge is 0.130 e. The maximum Gasteiger partial charge on any atom is 0.130 e. The Kier molecular flexibility index (Phi) is 7.41. The molecule has 5 heteroatoms. The molecular formula is C15H23ClF2N2. The fraction of sp³-hybridized carbons (Fsp3) is 0.600. The third-order valence-corrected chi connectivity index (χ3v) is 3.72. The van der Waals surface area contributed by atoms with Crippen LogP contribution in [0.4, 0.5) is 8.78 Å². The van der Waals surface area contributed by atoms with Crippen molar-refractivity contribution < 1.29 is 8.78 Å². The van der Waals surface area contributed by atoms with E-state index in [1.165, 1.54) is 6.07 Å². The molecule has 114 valence electrons. The van der Waals surface area contributed by atoms with Gasteiger partial charge in [0.25, 0.3) is 0 Å². The van der Waals surface area contributed by atoms with Gasteiger partial charge in [0.15, 0.2) is 0 Å². The Morgan fingerprint density at radius 3 is 2.55 bits per heavy atom. The van der Waals surface area contributed by atoms with E-state index >= 15 is 0 Å². The van der Waals surface area contributed by atoms with Crippen LogP contribution < -0.4 is 5.32 Å². The van der Waals surface area contributed by atoms with Crippen molar-refractivity contribution in [3.05, 3.63) is 35.4 Å². The van der Waals surface area contributed by atoms with E-state index in [0.29, 0.717) is 18.2 Å². The van der Waals surface area contributed by atoms with Crippen LogP contribution in [0.3, 0.4) is 0 Å². The summed E-state index contributed by atoms with van der Waals surface area (Å²) in [5.74, 6) is -0.944. The fourth-order valence-corrected chi connectivity index (χ4v) is 2.72. The van der Waals surface area contributed by atoms with Crippen molar-refractivity contribution in [2.45, 2.75) is 38.8 Å². The highest BCUT2D eigenvalue weighted by molar-refractivity contribution is 5.85. The molecule has 1 aromatic rings. The van der Waals surface area contributed by atoms with Gasteiger partial charge in [-0.15, -0.1) is 12.4 Å². The van der Waals surface area contributed by atoms with Crippen LogP contribution in [0.1, 0.15) is 31.7 Å². The lowest BCUT2D eigenvalue weighted by molar-refractivity contribution is 0.152. The topological polar surface area (TPSA) is 15.3 Å². The highest BCUT2D eigenvalue weighted by Gasteiger charge is 2.21. The van der Waals surface area contributed by atoms with Gasteiger partial charge in [0.05, 0.1) is 0 Å². The molecule has 1 aliphatic heterocycles. The predicted molar refractivity (Wildman–Crippen MR) is 80.2 cm³/mol. The van der Waals surface area contributed by atoms with Crippen molar-refractivity contribution in [1.82, 2.24) is 10.2 Å². The Bertz CT molecular complexity index is 409. The van der Waals surface area contributed by atoms with Gasteiger partial charge < -0.3 is 5.32 Å². The first-order valence-electron chi connectivity index (χ1n) is 7.09. The zero-order valence-electron chi connectivity index (χ0n) is 11.9. The van der Waals surface area contributed by atoms with E-state index in [1.807, 2.05) is 0 Å². The fourth-order valence-electron chi connectivity index (χ4n) is 2.72. The van der Waals surface area contributed by atoms with Gasteiger partial charge in [0, 0.05) is 24.2 Å². The minimum absolute atomic E-state index is 0. The van der Waals surface area contributed by atoms with Crippen LogP contribution in [-0.2, 0) is 6.54 Å². The number of rotatable bonds is 5. The second kappa shape index (κ2) is 8.55. The number of hydrogen-bond acceptors (Lipinski definition) is 2. The maximum absolute atomic E-state index is 13.7. The van der Waals surface area contributed by atoms with Crippen molar-refractivity contribution in [3.8, 4) is 0 Å². The molecule has 0 unspecified atom stereocenters. The van der Waals surface area contributed by atoms with Crippen LogP contribution in [0.25, 0.3) is 0 Å². The molecule has 0 aromatic heterocycles. The summed E-state index contributed by atoms with van der Waals surface area (Å²) in [4.78, 5) is 2.33. The summed E-state index contributed by atoms with van der Waals surface area (Å²) in [5.41, 5.74) is 0.591. The monoisotopic (exact) mass is 304 g/mol. The minimum Gasteiger partial charge on any atom is -0.317 e. The average Bonchev–Trinajstić information content (AvgIpc) is 2.42. The van der Waals surface area contributed by atoms with Gasteiger partial charge >= 0.3 is 0 Å². The predicted octanol–water partition coefficient (Wildman–Crippen LogP) is 3.35. The molecule has 0 spiro atoms. The van der Waals surface area contributed by atoms with E-state index in [1.54, 1.807) is 6.07 Å². The molecule has 0 bridgehead atoms. The van der Waals surface area contributed by atoms with Crippen molar-refractivity contribution in [1.29, 1.82) is 0 Å². The Labute approximate surface area is 126 Å². The zero-order chi connectivity index (χ0) is 13.7. The number of halogens is 3. The largest absolute Gasteiger partial charge is 0.317 e. The molecule has 0 amide bonds. The van der Waals surface area contributed by atoms with Crippen LogP contribution >= 0.6 is 12.4 Å². The van der Waals surface area contributed by atoms with E-state index in [-0.39, 0.29) is 12.4 Å². The standard InChI is InChI=1S/C15H22F2N2.ClH/c1-2-9-19(14-5-7-18-8-6-14)11-12-3-4-13(16)10-15(12)17;/h3-4,10,14,18H,2,5-9,11H2,1H3;1H. The molecule has 0 atom stereocenters. The van der Waals surface area contributed by atoms with Gasteiger partial charge in [-0.25, -0.2) is 8.78 Å². The molecule has 1 heterocycles. The van der Waals surface area contributed by atoms with Gasteiger partial charge in [-0.2, -0.15) is 0 Å². The van der Waals surface area contributed by atoms with Crippen LogP contribution in [0, 0.1) is 11.6 Å². The van der Waals surface area contributed by atoms with Crippen LogP contribution in [0.15, 0.2) is 18.2 Å². The number of piperidine rings is 1. The summed E-state index contributed by atoms with van der Waals surface area (Å²) < 4.78 is 26.7. The van der Waals surface area contributed by atoms with Crippen molar-refractivity contribution in [2.24, 2.45) is 0 Å². The number of benzene rings is 1. The van der Waals surface area contributed by atoms with Crippen LogP contribution in [0.5, 0.6) is 0 Å². The third kappa shape index (κ3) is 4.69. The molecule has 0 saturated carbocycles. The highest BCUT2D eigenvalue weighted by Crippen LogP contribution is 2.18. The second-order valence-corrected chi connectivity index (χ2v) is 5.19. The summed E-state index contributed by atoms with van der Waals surface area (Å²) >= 11 is 0. The van der Waals surface area contributed by atoms with Gasteiger partial charge in [0.1, 0.15) is 11.6 Å². The molecular weight excluding hydrogens is 282 g/mol. The average molecular weight is 305 g/mol. The van der Waals surface area contributed by atoms with Gasteiger partial charge in [-0.05, 0) is 45.0 Å². The first-order valence-corrected chi connectivity index (χ1v) is 7.09. The normalized spacial score (nSPS) is 16.2. The summed E-state index contributed by atoms with van der Waals surface area (Å²) in [6, 6.07) is 4.38. The van der Waals surface area contributed by atoms with E-state index in [2.05, 4.69) is 17.1 Å². The quantitative estimate of drug-likeness (QED) is 0.897. The first kappa shape index (κ1) is 17.3. The van der Waals surface area contributed by atoms with E-state index in [4.69, 9.17) is 0 Å². The molecule has 1 aliphatic rings. The summed E-state index contributed by atoms with van der Waals surface area (Å²) in [7, 11) is 0. The van der Waals surface area contributed by atoms with E-state index < -0.39 is 11.6 Å². The van der Waals surface area contributed by atoms with Gasteiger partial charge in [-0.3, -0.25) is 4.90 Å². The number of hydrogen-bond donors (Lipinski definition) is 1. The lowest BCUT2D eigenvalue weighted by Gasteiger charge is -2.34. The molecule has 2 nitrogen and oxygen atoms in total. The highest BCUT2D eigenvalue weighted by atomic mass is 35.5. The summed E-state index contributed by atoms with van der Waals surface area (Å²) in [5, 5.41) is 3.34. The van der Waals surface area contributed by atoms with Gasteiger partial charge in [0.2, 0.25) is 0 Å². The molecule has 1 N–H and O–H groups in total. The van der Waals surface area contributed by atoms with Crippen molar-refractivity contribution >= 4 is 12.4 Å². The molecule has 1 aromatic carbocycles. The molecule has 0 aliphatic carbocycles. The maximum atomic E-state index is 13.7. The Hall–Kier alpha value is -0.710. The van der Waals surface area contributed by atoms with E-state index in [0.717, 1.165) is 45.0 Å². The van der Waals surface area contributed by atoms with Crippen molar-refractivity contribution in [2.75, 3.05) is 19.6 Å². The van der Waals surface area contributed by atoms with Crippen molar-refractivity contribution in [3.63, 3.8) is 0 Å². The molecule has 2 rings (SSSR count). The Morgan fingerprint density at radius 1 is 1.25 bits per heavy atom. The third-order valence-electron chi connectivity index (χ3n) is 3.72. The summed E-state index contributed by atoms with van der Waals surface area (Å²) in [6.45, 7) is 5.72. The Morgan fingerprint density at radius 2 is 1.95 bits per heavy atom. The molecule has 1 fully saturated rings. The minimum atomic E-state index is -0.509. The van der Waals surface area contributed by atoms with E-state index in [9.17, 15) is 8.78 Å². The lowest BCUT2D eigenvalue weighted by Crippen LogP contribution is -2.43. The summed E-state index contributed by atoms with van der Waals surface area (Å²) in [6.07, 6.45) is 3.25. The molecule has 0 radical (unpaired) electrons. The zero-order valence-corrected chi connectivity index (χ0v) is 12.7. The first-order chi connectivity index (χ1) is 9.20. The Balaban J connectivity index is 0.00000200. The molecule has 20 heavy (non-hydrogen) atoms. The lowest BCUT2D eigenvalue weighted by atomic mass is 10.0. The number of nitrogens with one attached hydrogen (secondary N) is 1. The van der Waals surface area contributed by atoms with Crippen LogP contribution in [-0.4, -0.2) is 30.6 Å². The second-order valence-electron chi connectivity index (χ2n) is 5.19. The van der Waals surface area contributed by atoms with Crippen LogP contribution in [0.2, 0.25) is 0 Å². The SMILES string of the molecule is CCCN(Cc1ccc(F)cc1F)C1CCNCC1.Cl. The molecule has 1 saturated heterocycles. The van der Waals surface area contributed by atoms with Gasteiger partial charge in [-0.1, -0.05) is 13.0 Å². The number of nitrogens with zero attached hydrogens (tertiary/aromatic N) is 1.